The highest BCUT2D eigenvalue weighted by Gasteiger charge is 2.22. The molecule has 1 aliphatic carbocycles. The Morgan fingerprint density at radius 3 is 2.44 bits per heavy atom. The van der Waals surface area contributed by atoms with Crippen LogP contribution in [0, 0.1) is 0 Å². The highest BCUT2D eigenvalue weighted by atomic mass is 127. The SMILES string of the molecule is COc1ccc(C(CI)OC2CCC2)cc1. The molecule has 3 heteroatoms. The number of hydrogen-bond donors (Lipinski definition) is 0. The summed E-state index contributed by atoms with van der Waals surface area (Å²) < 4.78 is 12.2. The van der Waals surface area contributed by atoms with Gasteiger partial charge in [-0.2, -0.15) is 0 Å². The fraction of sp³-hybridized carbons (Fsp3) is 0.538. The summed E-state index contributed by atoms with van der Waals surface area (Å²) in [6.07, 6.45) is 4.49. The van der Waals surface area contributed by atoms with Crippen LogP contribution in [0.3, 0.4) is 0 Å². The van der Waals surface area contributed by atoms with E-state index in [2.05, 4.69) is 34.7 Å². The van der Waals surface area contributed by atoms with Crippen LogP contribution in [0.4, 0.5) is 0 Å². The van der Waals surface area contributed by atoms with E-state index in [-0.39, 0.29) is 6.10 Å². The number of alkyl halides is 1. The van der Waals surface area contributed by atoms with Crippen LogP contribution in [-0.4, -0.2) is 17.6 Å². The van der Waals surface area contributed by atoms with Gasteiger partial charge in [0.05, 0.1) is 19.3 Å². The Morgan fingerprint density at radius 2 is 2.00 bits per heavy atom. The molecule has 1 aromatic rings. The largest absolute Gasteiger partial charge is 0.497 e. The van der Waals surface area contributed by atoms with E-state index < -0.39 is 0 Å². The van der Waals surface area contributed by atoms with Crippen molar-refractivity contribution < 1.29 is 9.47 Å². The van der Waals surface area contributed by atoms with Crippen LogP contribution < -0.4 is 4.74 Å². The lowest BCUT2D eigenvalue weighted by atomic mass is 9.96. The molecule has 0 aliphatic heterocycles. The van der Waals surface area contributed by atoms with Gasteiger partial charge in [0.1, 0.15) is 5.75 Å². The van der Waals surface area contributed by atoms with E-state index in [1.54, 1.807) is 7.11 Å². The molecule has 88 valence electrons. The second kappa shape index (κ2) is 5.87. The Bertz CT molecular complexity index is 319. The van der Waals surface area contributed by atoms with Crippen LogP contribution in [0.2, 0.25) is 0 Å². The van der Waals surface area contributed by atoms with Crippen LogP contribution in [0.1, 0.15) is 30.9 Å². The first kappa shape index (κ1) is 12.2. The molecule has 2 rings (SSSR count). The first-order valence-corrected chi connectivity index (χ1v) is 7.21. The topological polar surface area (TPSA) is 18.5 Å². The van der Waals surface area contributed by atoms with Crippen LogP contribution >= 0.6 is 22.6 Å². The van der Waals surface area contributed by atoms with Crippen LogP contribution in [0.5, 0.6) is 5.75 Å². The first-order valence-electron chi connectivity index (χ1n) is 5.69. The summed E-state index contributed by atoms with van der Waals surface area (Å²) in [7, 11) is 1.69. The van der Waals surface area contributed by atoms with Gasteiger partial charge >= 0.3 is 0 Å². The molecule has 0 amide bonds. The van der Waals surface area contributed by atoms with Crippen molar-refractivity contribution in [1.29, 1.82) is 0 Å². The van der Waals surface area contributed by atoms with Crippen molar-refractivity contribution in [2.75, 3.05) is 11.5 Å². The summed E-state index contributed by atoms with van der Waals surface area (Å²) in [5, 5.41) is 0. The monoisotopic (exact) mass is 332 g/mol. The van der Waals surface area contributed by atoms with Gasteiger partial charge in [0.25, 0.3) is 0 Å². The van der Waals surface area contributed by atoms with E-state index >= 15 is 0 Å². The lowest BCUT2D eigenvalue weighted by Gasteiger charge is -2.30. The molecule has 1 aromatic carbocycles. The summed E-state index contributed by atoms with van der Waals surface area (Å²) in [6.45, 7) is 0. The van der Waals surface area contributed by atoms with Gasteiger partial charge < -0.3 is 9.47 Å². The fourth-order valence-corrected chi connectivity index (χ4v) is 2.48. The molecule has 0 heterocycles. The van der Waals surface area contributed by atoms with Crippen molar-refractivity contribution >= 4 is 22.6 Å². The zero-order valence-electron chi connectivity index (χ0n) is 9.49. The standard InChI is InChI=1S/C13H17IO2/c1-15-11-7-5-10(6-8-11)13(9-14)16-12-3-2-4-12/h5-8,12-13H,2-4,9H2,1H3. The lowest BCUT2D eigenvalue weighted by molar-refractivity contribution is -0.0411. The quantitative estimate of drug-likeness (QED) is 0.604. The minimum absolute atomic E-state index is 0.233. The first-order chi connectivity index (χ1) is 7.83. The van der Waals surface area contributed by atoms with Crippen molar-refractivity contribution in [1.82, 2.24) is 0 Å². The van der Waals surface area contributed by atoms with Gasteiger partial charge in [0.2, 0.25) is 0 Å². The van der Waals surface area contributed by atoms with Gasteiger partial charge in [0.15, 0.2) is 0 Å². The summed E-state index contributed by atoms with van der Waals surface area (Å²) in [4.78, 5) is 0. The number of hydrogen-bond acceptors (Lipinski definition) is 2. The Morgan fingerprint density at radius 1 is 1.31 bits per heavy atom. The van der Waals surface area contributed by atoms with E-state index in [0.29, 0.717) is 6.10 Å². The molecule has 1 atom stereocenters. The van der Waals surface area contributed by atoms with E-state index in [9.17, 15) is 0 Å². The number of methoxy groups -OCH3 is 1. The minimum atomic E-state index is 0.233. The Balaban J connectivity index is 2.00. The molecule has 2 nitrogen and oxygen atoms in total. The third-order valence-electron chi connectivity index (χ3n) is 3.04. The number of benzene rings is 1. The maximum atomic E-state index is 6.05. The third-order valence-corrected chi connectivity index (χ3v) is 3.84. The number of rotatable bonds is 5. The molecular formula is C13H17IO2. The molecular weight excluding hydrogens is 315 g/mol. The third kappa shape index (κ3) is 2.88. The summed E-state index contributed by atoms with van der Waals surface area (Å²) >= 11 is 2.39. The van der Waals surface area contributed by atoms with Gasteiger partial charge in [-0.25, -0.2) is 0 Å². The maximum absolute atomic E-state index is 6.05. The second-order valence-electron chi connectivity index (χ2n) is 4.11. The Labute approximate surface area is 110 Å². The molecule has 0 bridgehead atoms. The van der Waals surface area contributed by atoms with Crippen LogP contribution in [0.15, 0.2) is 24.3 Å². The number of halogens is 1. The highest BCUT2D eigenvalue weighted by molar-refractivity contribution is 14.1. The molecule has 1 saturated carbocycles. The Kier molecular flexibility index (Phi) is 4.46. The summed E-state index contributed by atoms with van der Waals surface area (Å²) in [5.41, 5.74) is 1.25. The van der Waals surface area contributed by atoms with E-state index in [4.69, 9.17) is 9.47 Å². The van der Waals surface area contributed by atoms with Crippen molar-refractivity contribution in [3.8, 4) is 5.75 Å². The molecule has 0 radical (unpaired) electrons. The van der Waals surface area contributed by atoms with Gasteiger partial charge in [0, 0.05) is 4.43 Å². The normalized spacial score (nSPS) is 17.9. The van der Waals surface area contributed by atoms with E-state index in [1.807, 2.05) is 12.1 Å². The fourth-order valence-electron chi connectivity index (χ4n) is 1.76. The van der Waals surface area contributed by atoms with Crippen LogP contribution in [-0.2, 0) is 4.74 Å². The van der Waals surface area contributed by atoms with E-state index in [0.717, 1.165) is 10.2 Å². The number of ether oxygens (including phenoxy) is 2. The highest BCUT2D eigenvalue weighted by Crippen LogP contribution is 2.30. The van der Waals surface area contributed by atoms with E-state index in [1.165, 1.54) is 24.8 Å². The van der Waals surface area contributed by atoms with Crippen LogP contribution in [0.25, 0.3) is 0 Å². The van der Waals surface area contributed by atoms with Crippen molar-refractivity contribution in [2.45, 2.75) is 31.5 Å². The predicted octanol–water partition coefficient (Wildman–Crippen LogP) is 3.74. The van der Waals surface area contributed by atoms with Crippen molar-refractivity contribution in [3.63, 3.8) is 0 Å². The Hall–Kier alpha value is -0.290. The molecule has 1 aliphatic rings. The molecule has 1 fully saturated rings. The summed E-state index contributed by atoms with van der Waals surface area (Å²) in [6, 6.07) is 8.19. The molecule has 0 N–H and O–H groups in total. The predicted molar refractivity (Wildman–Crippen MR) is 73.3 cm³/mol. The minimum Gasteiger partial charge on any atom is -0.497 e. The summed E-state index contributed by atoms with van der Waals surface area (Å²) in [5.74, 6) is 0.902. The zero-order valence-corrected chi connectivity index (χ0v) is 11.6. The molecule has 1 unspecified atom stereocenters. The molecule has 0 saturated heterocycles. The van der Waals surface area contributed by atoms with Crippen molar-refractivity contribution in [2.24, 2.45) is 0 Å². The average Bonchev–Trinajstić information content (AvgIpc) is 2.28. The zero-order chi connectivity index (χ0) is 11.4. The van der Waals surface area contributed by atoms with Gasteiger partial charge in [-0.05, 0) is 37.0 Å². The second-order valence-corrected chi connectivity index (χ2v) is 4.99. The average molecular weight is 332 g/mol. The smallest absolute Gasteiger partial charge is 0.118 e. The molecule has 0 aromatic heterocycles. The van der Waals surface area contributed by atoms with Gasteiger partial charge in [-0.3, -0.25) is 0 Å². The van der Waals surface area contributed by atoms with Gasteiger partial charge in [-0.1, -0.05) is 34.7 Å². The maximum Gasteiger partial charge on any atom is 0.118 e. The molecule has 16 heavy (non-hydrogen) atoms. The molecule has 0 spiro atoms. The van der Waals surface area contributed by atoms with Crippen molar-refractivity contribution in [3.05, 3.63) is 29.8 Å². The van der Waals surface area contributed by atoms with Gasteiger partial charge in [-0.15, -0.1) is 0 Å². The lowest BCUT2D eigenvalue weighted by Crippen LogP contribution is -2.24.